The van der Waals surface area contributed by atoms with Gasteiger partial charge in [-0.05, 0) is 97.8 Å². The molecular weight excluding hydrogens is 733 g/mol. The first-order chi connectivity index (χ1) is 28.3. The largest absolute Gasteiger partial charge is 0.507 e. The van der Waals surface area contributed by atoms with Gasteiger partial charge in [0.2, 0.25) is 0 Å². The summed E-state index contributed by atoms with van der Waals surface area (Å²) in [6.45, 7) is 5.59. The van der Waals surface area contributed by atoms with Crippen LogP contribution in [-0.2, 0) is 0 Å². The molecule has 2 N–H and O–H groups in total. The highest BCUT2D eigenvalue weighted by molar-refractivity contribution is 5.93. The SMILES string of the molecule is CCCCCCCOc1ccc(C=Nc2ccc(C(=O)Oc3cccc(OC(=O)c4ccc(N=Cc5ccc(OCCCCCCC)cc5O)cc4)c3)cc2)c(O)c1. The Labute approximate surface area is 340 Å². The number of rotatable bonds is 22. The van der Waals surface area contributed by atoms with E-state index in [1.54, 1.807) is 116 Å². The number of phenols is 2. The summed E-state index contributed by atoms with van der Waals surface area (Å²) >= 11 is 0. The summed E-state index contributed by atoms with van der Waals surface area (Å²) in [6, 6.07) is 29.6. The topological polar surface area (TPSA) is 136 Å². The Hall–Kier alpha value is -6.42. The van der Waals surface area contributed by atoms with Crippen molar-refractivity contribution in [2.75, 3.05) is 13.2 Å². The van der Waals surface area contributed by atoms with Gasteiger partial charge in [0.1, 0.15) is 34.5 Å². The third-order valence-corrected chi connectivity index (χ3v) is 9.18. The number of aromatic hydroxyl groups is 2. The van der Waals surface area contributed by atoms with E-state index in [9.17, 15) is 19.8 Å². The van der Waals surface area contributed by atoms with Crippen molar-refractivity contribution < 1.29 is 38.7 Å². The molecule has 0 radical (unpaired) electrons. The number of hydrogen-bond acceptors (Lipinski definition) is 10. The minimum absolute atomic E-state index is 0.0635. The van der Waals surface area contributed by atoms with Crippen molar-refractivity contribution in [2.45, 2.75) is 78.1 Å². The van der Waals surface area contributed by atoms with Crippen LogP contribution in [0.2, 0.25) is 0 Å². The molecule has 5 rings (SSSR count). The van der Waals surface area contributed by atoms with Gasteiger partial charge in [-0.3, -0.25) is 9.98 Å². The third-order valence-electron chi connectivity index (χ3n) is 9.18. The maximum Gasteiger partial charge on any atom is 0.343 e. The predicted molar refractivity (Wildman–Crippen MR) is 228 cm³/mol. The average molecular weight is 785 g/mol. The van der Waals surface area contributed by atoms with Gasteiger partial charge in [0.15, 0.2) is 0 Å². The fourth-order valence-electron chi connectivity index (χ4n) is 5.82. The predicted octanol–water partition coefficient (Wildman–Crippen LogP) is 11.7. The Kier molecular flexibility index (Phi) is 16.9. The molecule has 0 amide bonds. The molecule has 0 aliphatic heterocycles. The fraction of sp³-hybridized carbons (Fsp3) is 0.292. The molecule has 302 valence electrons. The first-order valence-electron chi connectivity index (χ1n) is 20.1. The van der Waals surface area contributed by atoms with Gasteiger partial charge < -0.3 is 29.2 Å². The molecule has 58 heavy (non-hydrogen) atoms. The maximum atomic E-state index is 12.9. The monoisotopic (exact) mass is 784 g/mol. The highest BCUT2D eigenvalue weighted by Gasteiger charge is 2.13. The summed E-state index contributed by atoms with van der Waals surface area (Å²) in [5.41, 5.74) is 2.83. The maximum absolute atomic E-state index is 12.9. The Morgan fingerprint density at radius 3 is 1.31 bits per heavy atom. The molecule has 10 nitrogen and oxygen atoms in total. The van der Waals surface area contributed by atoms with E-state index in [1.165, 1.54) is 44.6 Å². The minimum atomic E-state index is -0.598. The molecule has 5 aromatic carbocycles. The van der Waals surface area contributed by atoms with Gasteiger partial charge in [-0.1, -0.05) is 71.3 Å². The lowest BCUT2D eigenvalue weighted by molar-refractivity contribution is 0.0732. The molecule has 0 fully saturated rings. The smallest absolute Gasteiger partial charge is 0.343 e. The quantitative estimate of drug-likeness (QED) is 0.0306. The zero-order valence-corrected chi connectivity index (χ0v) is 33.3. The second-order valence-electron chi connectivity index (χ2n) is 13.8. The minimum Gasteiger partial charge on any atom is -0.507 e. The van der Waals surface area contributed by atoms with Gasteiger partial charge in [-0.25, -0.2) is 9.59 Å². The van der Waals surface area contributed by atoms with Crippen molar-refractivity contribution in [1.29, 1.82) is 0 Å². The van der Waals surface area contributed by atoms with Gasteiger partial charge in [-0.2, -0.15) is 0 Å². The number of ether oxygens (including phenoxy) is 4. The van der Waals surface area contributed by atoms with Crippen LogP contribution in [0.25, 0.3) is 0 Å². The van der Waals surface area contributed by atoms with Gasteiger partial charge in [0.25, 0.3) is 0 Å². The molecule has 0 unspecified atom stereocenters. The number of carbonyl (C=O) groups is 2. The van der Waals surface area contributed by atoms with Crippen molar-refractivity contribution in [3.05, 3.63) is 131 Å². The van der Waals surface area contributed by atoms with Gasteiger partial charge in [0, 0.05) is 41.8 Å². The average Bonchev–Trinajstić information content (AvgIpc) is 3.23. The number of benzene rings is 5. The van der Waals surface area contributed by atoms with E-state index in [0.29, 0.717) is 58.3 Å². The van der Waals surface area contributed by atoms with E-state index in [1.807, 2.05) is 0 Å². The van der Waals surface area contributed by atoms with E-state index < -0.39 is 11.9 Å². The number of nitrogens with zero attached hydrogens (tertiary/aromatic N) is 2. The normalized spacial score (nSPS) is 11.2. The molecule has 5 aromatic rings. The van der Waals surface area contributed by atoms with Crippen LogP contribution in [0.3, 0.4) is 0 Å². The molecule has 10 heteroatoms. The lowest BCUT2D eigenvalue weighted by Crippen LogP contribution is -2.10. The second kappa shape index (κ2) is 23.0. The Balaban J connectivity index is 1.08. The molecule has 0 aliphatic rings. The van der Waals surface area contributed by atoms with Gasteiger partial charge >= 0.3 is 11.9 Å². The molecule has 0 atom stereocenters. The molecular formula is C48H52N2O8. The van der Waals surface area contributed by atoms with E-state index in [-0.39, 0.29) is 23.0 Å². The highest BCUT2D eigenvalue weighted by atomic mass is 16.5. The summed E-state index contributed by atoms with van der Waals surface area (Å²) < 4.78 is 22.6. The van der Waals surface area contributed by atoms with Gasteiger partial charge in [-0.15, -0.1) is 0 Å². The summed E-state index contributed by atoms with van der Waals surface area (Å²) in [6.07, 6.45) is 14.6. The van der Waals surface area contributed by atoms with Crippen LogP contribution in [0.1, 0.15) is 110 Å². The zero-order valence-electron chi connectivity index (χ0n) is 33.3. The summed E-state index contributed by atoms with van der Waals surface area (Å²) in [5.74, 6) is 0.555. The number of esters is 2. The Morgan fingerprint density at radius 1 is 0.500 bits per heavy atom. The first kappa shape index (κ1) is 42.7. The molecule has 0 aromatic heterocycles. The number of carbonyl (C=O) groups excluding carboxylic acids is 2. The summed E-state index contributed by atoms with van der Waals surface area (Å²) in [5, 5.41) is 20.9. The van der Waals surface area contributed by atoms with Gasteiger partial charge in [0.05, 0.1) is 35.7 Å². The zero-order chi connectivity index (χ0) is 41.0. The van der Waals surface area contributed by atoms with E-state index in [4.69, 9.17) is 18.9 Å². The van der Waals surface area contributed by atoms with Crippen molar-refractivity contribution in [1.82, 2.24) is 0 Å². The molecule has 0 heterocycles. The molecule has 0 saturated carbocycles. The number of aliphatic imine (C=N–C) groups is 2. The molecule has 0 aliphatic carbocycles. The van der Waals surface area contributed by atoms with Crippen LogP contribution in [0.15, 0.2) is 119 Å². The van der Waals surface area contributed by atoms with Crippen molar-refractivity contribution in [3.8, 4) is 34.5 Å². The number of hydrogen-bond donors (Lipinski definition) is 2. The van der Waals surface area contributed by atoms with Crippen LogP contribution in [0, 0.1) is 0 Å². The highest BCUT2D eigenvalue weighted by Crippen LogP contribution is 2.27. The lowest BCUT2D eigenvalue weighted by atomic mass is 10.1. The first-order valence-corrected chi connectivity index (χ1v) is 20.1. The van der Waals surface area contributed by atoms with Crippen molar-refractivity contribution in [2.24, 2.45) is 9.98 Å². The van der Waals surface area contributed by atoms with Crippen molar-refractivity contribution in [3.63, 3.8) is 0 Å². The van der Waals surface area contributed by atoms with Crippen molar-refractivity contribution >= 4 is 35.7 Å². The number of phenolic OH excluding ortho intramolecular Hbond substituents is 2. The standard InChI is InChI=1S/C48H52N2O8/c1-3-5-7-9-11-28-55-41-26-20-37(45(51)31-41)33-49-39-22-16-35(17-23-39)47(53)57-43-14-13-15-44(30-43)58-48(54)36-18-24-40(25-19-36)50-34-38-21-27-42(32-46(38)52)56-29-12-10-8-6-4-2/h13-27,30-34,51-52H,3-12,28-29H2,1-2H3. The summed E-state index contributed by atoms with van der Waals surface area (Å²) in [7, 11) is 0. The Bertz CT molecular complexity index is 1980. The second-order valence-corrected chi connectivity index (χ2v) is 13.8. The molecule has 0 spiro atoms. The van der Waals surface area contributed by atoms with E-state index in [0.717, 1.165) is 25.7 Å². The van der Waals surface area contributed by atoms with Crippen LogP contribution in [0.5, 0.6) is 34.5 Å². The van der Waals surface area contributed by atoms with Crippen LogP contribution < -0.4 is 18.9 Å². The van der Waals surface area contributed by atoms with E-state index >= 15 is 0 Å². The van der Waals surface area contributed by atoms with E-state index in [2.05, 4.69) is 23.8 Å². The third kappa shape index (κ3) is 14.0. The fourth-order valence-corrected chi connectivity index (χ4v) is 5.82. The number of unbranched alkanes of at least 4 members (excludes halogenated alkanes) is 8. The Morgan fingerprint density at radius 2 is 0.914 bits per heavy atom. The molecule has 0 saturated heterocycles. The lowest BCUT2D eigenvalue weighted by Gasteiger charge is -2.08. The van der Waals surface area contributed by atoms with Crippen LogP contribution in [-0.4, -0.2) is 47.8 Å². The molecule has 0 bridgehead atoms. The van der Waals surface area contributed by atoms with Crippen LogP contribution in [0.4, 0.5) is 11.4 Å². The van der Waals surface area contributed by atoms with Crippen LogP contribution >= 0.6 is 0 Å². The summed E-state index contributed by atoms with van der Waals surface area (Å²) in [4.78, 5) is 34.7.